The van der Waals surface area contributed by atoms with E-state index in [1.54, 1.807) is 31.0 Å². The molecule has 0 spiro atoms. The highest BCUT2D eigenvalue weighted by Crippen LogP contribution is 2.20. The van der Waals surface area contributed by atoms with E-state index in [2.05, 4.69) is 19.9 Å². The number of anilines is 2. The Balaban J connectivity index is 1.87. The van der Waals surface area contributed by atoms with Crippen LogP contribution in [0.2, 0.25) is 0 Å². The minimum atomic E-state index is 0.642. The zero-order valence-electron chi connectivity index (χ0n) is 11.0. The van der Waals surface area contributed by atoms with Gasteiger partial charge in [0.1, 0.15) is 0 Å². The van der Waals surface area contributed by atoms with Crippen molar-refractivity contribution in [3.63, 3.8) is 0 Å². The minimum absolute atomic E-state index is 0.642. The fourth-order valence-corrected chi connectivity index (χ4v) is 1.84. The molecule has 0 radical (unpaired) electrons. The van der Waals surface area contributed by atoms with Crippen molar-refractivity contribution in [1.29, 1.82) is 0 Å². The third kappa shape index (κ3) is 2.47. The topological polar surface area (TPSA) is 54.8 Å². The van der Waals surface area contributed by atoms with E-state index in [-0.39, 0.29) is 0 Å². The third-order valence-corrected chi connectivity index (χ3v) is 2.94. The van der Waals surface area contributed by atoms with Gasteiger partial charge in [-0.2, -0.15) is 0 Å². The summed E-state index contributed by atoms with van der Waals surface area (Å²) in [4.78, 5) is 19.0. The summed E-state index contributed by atoms with van der Waals surface area (Å²) in [5.74, 6) is 0.642. The Hall–Kier alpha value is -2.82. The molecule has 0 saturated carbocycles. The summed E-state index contributed by atoms with van der Waals surface area (Å²) in [5, 5.41) is 0. The minimum Gasteiger partial charge on any atom is -0.314 e. The van der Waals surface area contributed by atoms with E-state index in [1.165, 1.54) is 0 Å². The van der Waals surface area contributed by atoms with Crippen LogP contribution in [0.4, 0.5) is 11.6 Å². The van der Waals surface area contributed by atoms with Crippen LogP contribution in [0.3, 0.4) is 0 Å². The second kappa shape index (κ2) is 5.44. The van der Waals surface area contributed by atoms with E-state index >= 15 is 0 Å². The van der Waals surface area contributed by atoms with Gasteiger partial charge in [-0.1, -0.05) is 18.2 Å². The number of para-hydroxylation sites is 1. The maximum atomic E-state index is 4.38. The molecule has 0 bridgehead atoms. The average Bonchev–Trinajstić information content (AvgIpc) is 2.56. The first-order chi connectivity index (χ1) is 9.84. The van der Waals surface area contributed by atoms with Crippen molar-refractivity contribution in [3.05, 3.63) is 61.3 Å². The highest BCUT2D eigenvalue weighted by atomic mass is 15.2. The van der Waals surface area contributed by atoms with Crippen molar-refractivity contribution in [2.24, 2.45) is 0 Å². The Bertz CT molecular complexity index is 668. The monoisotopic (exact) mass is 263 g/mol. The van der Waals surface area contributed by atoms with E-state index in [0.717, 1.165) is 16.9 Å². The van der Waals surface area contributed by atoms with Gasteiger partial charge in [-0.3, -0.25) is 9.97 Å². The van der Waals surface area contributed by atoms with Gasteiger partial charge in [-0.05, 0) is 12.1 Å². The standard InChI is InChI=1S/C15H13N5/c1-20(13-5-3-2-4-6-13)15-18-9-12(10-19-15)14-11-16-7-8-17-14/h2-11H,1H3. The molecule has 0 N–H and O–H groups in total. The van der Waals surface area contributed by atoms with Crippen LogP contribution in [0.25, 0.3) is 11.3 Å². The highest BCUT2D eigenvalue weighted by Gasteiger charge is 2.07. The van der Waals surface area contributed by atoms with Gasteiger partial charge in [0.2, 0.25) is 5.95 Å². The average molecular weight is 263 g/mol. The molecule has 3 aromatic rings. The molecule has 98 valence electrons. The first kappa shape index (κ1) is 12.2. The fraction of sp³-hybridized carbons (Fsp3) is 0.0667. The molecule has 20 heavy (non-hydrogen) atoms. The van der Waals surface area contributed by atoms with Gasteiger partial charge in [-0.15, -0.1) is 0 Å². The molecule has 0 aliphatic heterocycles. The summed E-state index contributed by atoms with van der Waals surface area (Å²) in [7, 11) is 1.94. The lowest BCUT2D eigenvalue weighted by Crippen LogP contribution is -2.12. The fourth-order valence-electron chi connectivity index (χ4n) is 1.84. The molecular weight excluding hydrogens is 250 g/mol. The summed E-state index contributed by atoms with van der Waals surface area (Å²) < 4.78 is 0. The van der Waals surface area contributed by atoms with Crippen molar-refractivity contribution < 1.29 is 0 Å². The molecule has 0 fully saturated rings. The molecule has 2 aromatic heterocycles. The second-order valence-corrected chi connectivity index (χ2v) is 4.26. The van der Waals surface area contributed by atoms with Crippen molar-refractivity contribution in [2.45, 2.75) is 0 Å². The lowest BCUT2D eigenvalue weighted by atomic mass is 10.2. The molecule has 0 aliphatic rings. The van der Waals surface area contributed by atoms with E-state index in [4.69, 9.17) is 0 Å². The number of benzene rings is 1. The lowest BCUT2D eigenvalue weighted by molar-refractivity contribution is 1.04. The van der Waals surface area contributed by atoms with Crippen LogP contribution in [0.1, 0.15) is 0 Å². The largest absolute Gasteiger partial charge is 0.314 e. The van der Waals surface area contributed by atoms with Crippen molar-refractivity contribution >= 4 is 11.6 Å². The first-order valence-corrected chi connectivity index (χ1v) is 6.22. The zero-order chi connectivity index (χ0) is 13.8. The summed E-state index contributed by atoms with van der Waals surface area (Å²) in [5.41, 5.74) is 2.66. The Morgan fingerprint density at radius 2 is 1.60 bits per heavy atom. The predicted molar refractivity (Wildman–Crippen MR) is 77.6 cm³/mol. The van der Waals surface area contributed by atoms with E-state index < -0.39 is 0 Å². The maximum Gasteiger partial charge on any atom is 0.229 e. The quantitative estimate of drug-likeness (QED) is 0.727. The molecule has 1 aromatic carbocycles. The van der Waals surface area contributed by atoms with E-state index in [0.29, 0.717) is 5.95 Å². The third-order valence-electron chi connectivity index (χ3n) is 2.94. The number of aromatic nitrogens is 4. The van der Waals surface area contributed by atoms with Crippen molar-refractivity contribution in [3.8, 4) is 11.3 Å². The van der Waals surface area contributed by atoms with Crippen molar-refractivity contribution in [2.75, 3.05) is 11.9 Å². The van der Waals surface area contributed by atoms with Gasteiger partial charge in [0.05, 0.1) is 11.9 Å². The van der Waals surface area contributed by atoms with Gasteiger partial charge >= 0.3 is 0 Å². The Morgan fingerprint density at radius 1 is 0.850 bits per heavy atom. The van der Waals surface area contributed by atoms with Crippen LogP contribution in [-0.2, 0) is 0 Å². The van der Waals surface area contributed by atoms with Crippen LogP contribution in [0.15, 0.2) is 61.3 Å². The molecule has 0 saturated heterocycles. The molecule has 2 heterocycles. The molecule has 0 atom stereocenters. The number of hydrogen-bond donors (Lipinski definition) is 0. The maximum absolute atomic E-state index is 4.38. The highest BCUT2D eigenvalue weighted by molar-refractivity contribution is 5.59. The first-order valence-electron chi connectivity index (χ1n) is 6.22. The molecule has 5 heteroatoms. The van der Waals surface area contributed by atoms with Crippen LogP contribution in [-0.4, -0.2) is 27.0 Å². The summed E-state index contributed by atoms with van der Waals surface area (Å²) >= 11 is 0. The normalized spacial score (nSPS) is 10.2. The lowest BCUT2D eigenvalue weighted by Gasteiger charge is -2.16. The summed E-state index contributed by atoms with van der Waals surface area (Å²) in [6.45, 7) is 0. The molecular formula is C15H13N5. The van der Waals surface area contributed by atoms with Gasteiger partial charge < -0.3 is 4.90 Å². The van der Waals surface area contributed by atoms with Gasteiger partial charge in [0.15, 0.2) is 0 Å². The SMILES string of the molecule is CN(c1ccccc1)c1ncc(-c2cnccn2)cn1. The Kier molecular flexibility index (Phi) is 3.33. The van der Waals surface area contributed by atoms with Gasteiger partial charge in [0.25, 0.3) is 0 Å². The zero-order valence-corrected chi connectivity index (χ0v) is 11.0. The van der Waals surface area contributed by atoms with E-state index in [9.17, 15) is 0 Å². The van der Waals surface area contributed by atoms with Gasteiger partial charge in [-0.25, -0.2) is 9.97 Å². The molecule has 0 unspecified atom stereocenters. The molecule has 3 rings (SSSR count). The smallest absolute Gasteiger partial charge is 0.229 e. The molecule has 5 nitrogen and oxygen atoms in total. The number of hydrogen-bond acceptors (Lipinski definition) is 5. The molecule has 0 amide bonds. The second-order valence-electron chi connectivity index (χ2n) is 4.26. The molecule has 0 aliphatic carbocycles. The Morgan fingerprint density at radius 3 is 2.25 bits per heavy atom. The summed E-state index contributed by atoms with van der Waals surface area (Å²) in [6.07, 6.45) is 8.50. The Labute approximate surface area is 117 Å². The number of nitrogens with zero attached hydrogens (tertiary/aromatic N) is 5. The number of rotatable bonds is 3. The van der Waals surface area contributed by atoms with Crippen LogP contribution in [0, 0.1) is 0 Å². The predicted octanol–water partition coefficient (Wildman–Crippen LogP) is 2.70. The van der Waals surface area contributed by atoms with Crippen LogP contribution >= 0.6 is 0 Å². The summed E-state index contributed by atoms with van der Waals surface area (Å²) in [6, 6.07) is 9.98. The van der Waals surface area contributed by atoms with Crippen LogP contribution in [0.5, 0.6) is 0 Å². The van der Waals surface area contributed by atoms with Gasteiger partial charge in [0, 0.05) is 43.1 Å². The van der Waals surface area contributed by atoms with Crippen LogP contribution < -0.4 is 4.90 Å². The van der Waals surface area contributed by atoms with Crippen molar-refractivity contribution in [1.82, 2.24) is 19.9 Å². The van der Waals surface area contributed by atoms with E-state index in [1.807, 2.05) is 42.3 Å².